The Morgan fingerprint density at radius 2 is 1.81 bits per heavy atom. The number of carbonyl (C=O) groups is 1. The molecule has 0 bridgehead atoms. The average molecular weight is 383 g/mol. The van der Waals surface area contributed by atoms with Crippen molar-refractivity contribution in [3.63, 3.8) is 0 Å². The molecule has 2 saturated heterocycles. The van der Waals surface area contributed by atoms with Crippen LogP contribution in [-0.4, -0.2) is 70.0 Å². The van der Waals surface area contributed by atoms with E-state index in [1.807, 2.05) is 0 Å². The molecular weight excluding hydrogens is 358 g/mol. The molecule has 2 N–H and O–H groups in total. The first-order valence-electron chi connectivity index (χ1n) is 8.62. The van der Waals surface area contributed by atoms with Gasteiger partial charge in [-0.25, -0.2) is 8.42 Å². The van der Waals surface area contributed by atoms with E-state index in [1.165, 1.54) is 24.6 Å². The Kier molecular flexibility index (Phi) is 5.40. The zero-order valence-corrected chi connectivity index (χ0v) is 15.9. The largest absolute Gasteiger partial charge is 0.497 e. The Morgan fingerprint density at radius 3 is 2.35 bits per heavy atom. The molecule has 9 heteroatoms. The summed E-state index contributed by atoms with van der Waals surface area (Å²) in [5.41, 5.74) is 5.36. The van der Waals surface area contributed by atoms with Crippen molar-refractivity contribution >= 4 is 15.9 Å². The van der Waals surface area contributed by atoms with E-state index >= 15 is 0 Å². The number of nitrogens with two attached hydrogens (primary N) is 1. The Labute approximate surface area is 153 Å². The third-order valence-corrected chi connectivity index (χ3v) is 7.12. The molecule has 1 aromatic rings. The van der Waals surface area contributed by atoms with Crippen LogP contribution >= 0.6 is 0 Å². The number of ether oxygens (including phenoxy) is 2. The number of sulfonamides is 1. The van der Waals surface area contributed by atoms with Crippen LogP contribution in [0.3, 0.4) is 0 Å². The molecule has 3 rings (SSSR count). The van der Waals surface area contributed by atoms with Crippen LogP contribution in [0.2, 0.25) is 0 Å². The Balaban J connectivity index is 1.66. The minimum absolute atomic E-state index is 0.0628. The molecule has 0 atom stereocenters. The van der Waals surface area contributed by atoms with E-state index in [9.17, 15) is 13.2 Å². The number of hydrogen-bond acceptors (Lipinski definition) is 6. The van der Waals surface area contributed by atoms with Crippen molar-refractivity contribution in [3.05, 3.63) is 18.2 Å². The second-order valence-electron chi connectivity index (χ2n) is 6.71. The zero-order valence-electron chi connectivity index (χ0n) is 15.1. The average Bonchev–Trinajstić information content (AvgIpc) is 2.60. The van der Waals surface area contributed by atoms with E-state index in [2.05, 4.69) is 4.90 Å². The van der Waals surface area contributed by atoms with E-state index in [1.54, 1.807) is 12.1 Å². The highest BCUT2D eigenvalue weighted by Crippen LogP contribution is 2.34. The van der Waals surface area contributed by atoms with Crippen LogP contribution in [0.5, 0.6) is 11.5 Å². The van der Waals surface area contributed by atoms with Gasteiger partial charge in [-0.15, -0.1) is 0 Å². The molecule has 0 spiro atoms. The van der Waals surface area contributed by atoms with Gasteiger partial charge in [0, 0.05) is 31.1 Å². The van der Waals surface area contributed by atoms with Crippen LogP contribution in [0, 0.1) is 5.92 Å². The van der Waals surface area contributed by atoms with Crippen LogP contribution in [0.15, 0.2) is 23.1 Å². The predicted octanol–water partition coefficient (Wildman–Crippen LogP) is 0.274. The summed E-state index contributed by atoms with van der Waals surface area (Å²) in [6, 6.07) is 4.92. The monoisotopic (exact) mass is 383 g/mol. The van der Waals surface area contributed by atoms with Crippen LogP contribution in [0.25, 0.3) is 0 Å². The molecule has 2 aliphatic heterocycles. The predicted molar refractivity (Wildman–Crippen MR) is 95.6 cm³/mol. The van der Waals surface area contributed by atoms with Gasteiger partial charge in [-0.05, 0) is 38.1 Å². The molecule has 0 aromatic heterocycles. The third kappa shape index (κ3) is 3.51. The van der Waals surface area contributed by atoms with Gasteiger partial charge in [0.2, 0.25) is 15.9 Å². The lowest BCUT2D eigenvalue weighted by molar-refractivity contribution is -0.123. The van der Waals surface area contributed by atoms with Crippen molar-refractivity contribution in [3.8, 4) is 11.5 Å². The number of nitrogens with zero attached hydrogens (tertiary/aromatic N) is 2. The van der Waals surface area contributed by atoms with Crippen molar-refractivity contribution in [1.82, 2.24) is 9.21 Å². The van der Waals surface area contributed by atoms with E-state index in [0.29, 0.717) is 24.6 Å². The van der Waals surface area contributed by atoms with E-state index in [4.69, 9.17) is 15.2 Å². The van der Waals surface area contributed by atoms with Gasteiger partial charge >= 0.3 is 0 Å². The molecule has 2 fully saturated rings. The molecule has 2 aliphatic rings. The summed E-state index contributed by atoms with van der Waals surface area (Å²) in [5, 5.41) is 0. The minimum Gasteiger partial charge on any atom is -0.497 e. The summed E-state index contributed by atoms with van der Waals surface area (Å²) in [7, 11) is -0.705. The fourth-order valence-corrected chi connectivity index (χ4v) is 5.20. The number of piperidine rings is 1. The summed E-state index contributed by atoms with van der Waals surface area (Å²) >= 11 is 0. The Morgan fingerprint density at radius 1 is 1.15 bits per heavy atom. The number of amides is 1. The second kappa shape index (κ2) is 7.42. The summed E-state index contributed by atoms with van der Waals surface area (Å²) in [6.45, 7) is 2.41. The van der Waals surface area contributed by atoms with Gasteiger partial charge in [-0.2, -0.15) is 4.31 Å². The maximum atomic E-state index is 12.9. The number of likely N-dealkylation sites (tertiary alicyclic amines) is 1. The Bertz CT molecular complexity index is 769. The molecule has 144 valence electrons. The SMILES string of the molecule is COc1ccc(OC)c(S(=O)(=O)N2CC(N3CCC(C(N)=O)CC3)C2)c1. The number of hydrogen-bond donors (Lipinski definition) is 1. The molecular formula is C17H25N3O5S. The van der Waals surface area contributed by atoms with Gasteiger partial charge in [0.05, 0.1) is 14.2 Å². The number of carbonyl (C=O) groups excluding carboxylic acids is 1. The summed E-state index contributed by atoms with van der Waals surface area (Å²) in [5.74, 6) is 0.464. The van der Waals surface area contributed by atoms with Crippen molar-refractivity contribution in [1.29, 1.82) is 0 Å². The fourth-order valence-electron chi connectivity index (χ4n) is 3.52. The van der Waals surface area contributed by atoms with Crippen molar-refractivity contribution < 1.29 is 22.7 Å². The number of methoxy groups -OCH3 is 2. The molecule has 1 aromatic carbocycles. The summed E-state index contributed by atoms with van der Waals surface area (Å²) < 4.78 is 37.7. The second-order valence-corrected chi connectivity index (χ2v) is 8.61. The normalized spacial score (nSPS) is 20.5. The summed E-state index contributed by atoms with van der Waals surface area (Å²) in [6.07, 6.45) is 1.48. The molecule has 8 nitrogen and oxygen atoms in total. The molecule has 0 saturated carbocycles. The van der Waals surface area contributed by atoms with Gasteiger partial charge < -0.3 is 15.2 Å². The fraction of sp³-hybridized carbons (Fsp3) is 0.588. The number of benzene rings is 1. The van der Waals surface area contributed by atoms with Crippen molar-refractivity contribution in [2.24, 2.45) is 11.7 Å². The first-order chi connectivity index (χ1) is 12.4. The number of primary amides is 1. The van der Waals surface area contributed by atoms with Gasteiger partial charge in [0.1, 0.15) is 16.4 Å². The highest BCUT2D eigenvalue weighted by Gasteiger charge is 2.42. The zero-order chi connectivity index (χ0) is 18.9. The van der Waals surface area contributed by atoms with Gasteiger partial charge in [0.25, 0.3) is 0 Å². The lowest BCUT2D eigenvalue weighted by Crippen LogP contribution is -2.62. The van der Waals surface area contributed by atoms with Gasteiger partial charge in [0.15, 0.2) is 0 Å². The van der Waals surface area contributed by atoms with Gasteiger partial charge in [-0.3, -0.25) is 9.69 Å². The quantitative estimate of drug-likeness (QED) is 0.757. The first-order valence-corrected chi connectivity index (χ1v) is 10.1. The molecule has 2 heterocycles. The lowest BCUT2D eigenvalue weighted by atomic mass is 9.94. The van der Waals surface area contributed by atoms with E-state index in [-0.39, 0.29) is 22.8 Å². The maximum absolute atomic E-state index is 12.9. The molecule has 0 unspecified atom stereocenters. The van der Waals surface area contributed by atoms with Gasteiger partial charge in [-0.1, -0.05) is 0 Å². The Hall–Kier alpha value is -1.84. The van der Waals surface area contributed by atoms with Crippen LogP contribution < -0.4 is 15.2 Å². The standard InChI is InChI=1S/C17H25N3O5S/c1-24-14-3-4-15(25-2)16(9-14)26(22,23)20-10-13(11-20)19-7-5-12(6-8-19)17(18)21/h3-4,9,12-13H,5-8,10-11H2,1-2H3,(H2,18,21). The lowest BCUT2D eigenvalue weighted by Gasteiger charge is -2.46. The maximum Gasteiger partial charge on any atom is 0.247 e. The summed E-state index contributed by atoms with van der Waals surface area (Å²) in [4.78, 5) is 13.6. The van der Waals surface area contributed by atoms with E-state index in [0.717, 1.165) is 25.9 Å². The molecule has 26 heavy (non-hydrogen) atoms. The minimum atomic E-state index is -3.65. The van der Waals surface area contributed by atoms with Crippen molar-refractivity contribution in [2.75, 3.05) is 40.4 Å². The van der Waals surface area contributed by atoms with Crippen LogP contribution in [0.4, 0.5) is 0 Å². The molecule has 0 aliphatic carbocycles. The smallest absolute Gasteiger partial charge is 0.247 e. The number of rotatable bonds is 6. The first kappa shape index (κ1) is 18.9. The topological polar surface area (TPSA) is 102 Å². The van der Waals surface area contributed by atoms with Crippen LogP contribution in [0.1, 0.15) is 12.8 Å². The van der Waals surface area contributed by atoms with E-state index < -0.39 is 10.0 Å². The highest BCUT2D eigenvalue weighted by molar-refractivity contribution is 7.89. The highest BCUT2D eigenvalue weighted by atomic mass is 32.2. The molecule has 1 amide bonds. The van der Waals surface area contributed by atoms with Crippen LogP contribution in [-0.2, 0) is 14.8 Å². The molecule has 0 radical (unpaired) electrons. The third-order valence-electron chi connectivity index (χ3n) is 5.27. The van der Waals surface area contributed by atoms with Crippen molar-refractivity contribution in [2.45, 2.75) is 23.8 Å².